The first-order valence-electron chi connectivity index (χ1n) is 9.44. The molecular formula is C24H24N2O3. The molecule has 0 aromatic heterocycles. The summed E-state index contributed by atoms with van der Waals surface area (Å²) >= 11 is 0. The summed E-state index contributed by atoms with van der Waals surface area (Å²) in [5, 5.41) is 5.62. The molecule has 0 aliphatic rings. The molecule has 2 amide bonds. The summed E-state index contributed by atoms with van der Waals surface area (Å²) in [5.41, 5.74) is 4.31. The van der Waals surface area contributed by atoms with E-state index in [-0.39, 0.29) is 11.8 Å². The molecule has 0 bridgehead atoms. The van der Waals surface area contributed by atoms with E-state index in [4.69, 9.17) is 4.74 Å². The summed E-state index contributed by atoms with van der Waals surface area (Å²) in [6, 6.07) is 22.5. The van der Waals surface area contributed by atoms with Crippen LogP contribution in [0.15, 0.2) is 72.8 Å². The second kappa shape index (κ2) is 9.55. The van der Waals surface area contributed by atoms with Crippen LogP contribution in [0.4, 0.5) is 0 Å². The molecule has 0 heterocycles. The van der Waals surface area contributed by atoms with E-state index >= 15 is 0 Å². The van der Waals surface area contributed by atoms with E-state index in [1.165, 1.54) is 0 Å². The molecular weight excluding hydrogens is 364 g/mol. The third-order valence-corrected chi connectivity index (χ3v) is 4.56. The van der Waals surface area contributed by atoms with Crippen LogP contribution in [0.5, 0.6) is 5.75 Å². The number of rotatable bonds is 7. The predicted molar refractivity (Wildman–Crippen MR) is 114 cm³/mol. The van der Waals surface area contributed by atoms with Gasteiger partial charge in [0.25, 0.3) is 11.8 Å². The second-order valence-corrected chi connectivity index (χ2v) is 6.69. The van der Waals surface area contributed by atoms with Crippen LogP contribution in [0.3, 0.4) is 0 Å². The fraction of sp³-hybridized carbons (Fsp3) is 0.167. The SMILES string of the molecule is COc1cccc(-c2ccc(C(=O)NCCNC(=O)c3ccc(C)cc3)cc2)c1. The Bertz CT molecular complexity index is 980. The van der Waals surface area contributed by atoms with Gasteiger partial charge in [-0.25, -0.2) is 0 Å². The van der Waals surface area contributed by atoms with Gasteiger partial charge < -0.3 is 15.4 Å². The number of carbonyl (C=O) groups excluding carboxylic acids is 2. The number of hydrogen-bond acceptors (Lipinski definition) is 3. The minimum absolute atomic E-state index is 0.151. The Morgan fingerprint density at radius 2 is 1.31 bits per heavy atom. The topological polar surface area (TPSA) is 67.4 Å². The lowest BCUT2D eigenvalue weighted by Gasteiger charge is -2.09. The number of amides is 2. The van der Waals surface area contributed by atoms with E-state index in [1.807, 2.05) is 55.5 Å². The third kappa shape index (κ3) is 5.45. The van der Waals surface area contributed by atoms with Crippen LogP contribution in [0.2, 0.25) is 0 Å². The lowest BCUT2D eigenvalue weighted by Crippen LogP contribution is -2.34. The van der Waals surface area contributed by atoms with Gasteiger partial charge in [0.1, 0.15) is 5.75 Å². The zero-order chi connectivity index (χ0) is 20.6. The number of carbonyl (C=O) groups is 2. The summed E-state index contributed by atoms with van der Waals surface area (Å²) in [6.45, 7) is 2.69. The maximum Gasteiger partial charge on any atom is 0.251 e. The molecule has 5 nitrogen and oxygen atoms in total. The van der Waals surface area contributed by atoms with Gasteiger partial charge in [-0.15, -0.1) is 0 Å². The molecule has 0 spiro atoms. The molecule has 0 fully saturated rings. The Hall–Kier alpha value is -3.60. The Morgan fingerprint density at radius 1 is 0.759 bits per heavy atom. The van der Waals surface area contributed by atoms with Crippen LogP contribution in [0, 0.1) is 6.92 Å². The van der Waals surface area contributed by atoms with Crippen molar-refractivity contribution in [1.29, 1.82) is 0 Å². The molecule has 3 aromatic carbocycles. The van der Waals surface area contributed by atoms with Crippen LogP contribution >= 0.6 is 0 Å². The van der Waals surface area contributed by atoms with Gasteiger partial charge in [0, 0.05) is 24.2 Å². The van der Waals surface area contributed by atoms with Crippen molar-refractivity contribution in [3.63, 3.8) is 0 Å². The first kappa shape index (κ1) is 20.1. The normalized spacial score (nSPS) is 10.3. The van der Waals surface area contributed by atoms with Crippen LogP contribution in [0.25, 0.3) is 11.1 Å². The van der Waals surface area contributed by atoms with Crippen LogP contribution in [0.1, 0.15) is 26.3 Å². The Morgan fingerprint density at radius 3 is 1.86 bits per heavy atom. The predicted octanol–water partition coefficient (Wildman–Crippen LogP) is 3.83. The van der Waals surface area contributed by atoms with E-state index in [0.29, 0.717) is 24.2 Å². The number of benzene rings is 3. The zero-order valence-electron chi connectivity index (χ0n) is 16.6. The van der Waals surface area contributed by atoms with Gasteiger partial charge in [-0.05, 0) is 54.4 Å². The quantitative estimate of drug-likeness (QED) is 0.605. The molecule has 0 aliphatic carbocycles. The van der Waals surface area contributed by atoms with E-state index in [0.717, 1.165) is 22.4 Å². The number of aryl methyl sites for hydroxylation is 1. The molecule has 3 aromatic rings. The molecule has 148 valence electrons. The van der Waals surface area contributed by atoms with Gasteiger partial charge in [0.2, 0.25) is 0 Å². The van der Waals surface area contributed by atoms with Gasteiger partial charge in [-0.1, -0.05) is 42.0 Å². The highest BCUT2D eigenvalue weighted by Gasteiger charge is 2.07. The molecule has 0 unspecified atom stereocenters. The monoisotopic (exact) mass is 388 g/mol. The molecule has 5 heteroatoms. The van der Waals surface area contributed by atoms with Gasteiger partial charge in [-0.2, -0.15) is 0 Å². The summed E-state index contributed by atoms with van der Waals surface area (Å²) in [6.07, 6.45) is 0. The number of hydrogen-bond donors (Lipinski definition) is 2. The average molecular weight is 388 g/mol. The average Bonchev–Trinajstić information content (AvgIpc) is 2.77. The van der Waals surface area contributed by atoms with Crippen LogP contribution in [-0.4, -0.2) is 32.0 Å². The summed E-state index contributed by atoms with van der Waals surface area (Å²) < 4.78 is 5.25. The summed E-state index contributed by atoms with van der Waals surface area (Å²) in [5.74, 6) is 0.464. The minimum Gasteiger partial charge on any atom is -0.497 e. The molecule has 0 atom stereocenters. The van der Waals surface area contributed by atoms with Gasteiger partial charge >= 0.3 is 0 Å². The highest BCUT2D eigenvalue weighted by molar-refractivity contribution is 5.95. The van der Waals surface area contributed by atoms with E-state index in [1.54, 1.807) is 31.4 Å². The van der Waals surface area contributed by atoms with Crippen molar-refractivity contribution in [3.8, 4) is 16.9 Å². The van der Waals surface area contributed by atoms with Gasteiger partial charge in [-0.3, -0.25) is 9.59 Å². The smallest absolute Gasteiger partial charge is 0.251 e. The Balaban J connectivity index is 1.49. The first-order valence-corrected chi connectivity index (χ1v) is 9.44. The number of nitrogens with one attached hydrogen (secondary N) is 2. The van der Waals surface area contributed by atoms with E-state index in [9.17, 15) is 9.59 Å². The van der Waals surface area contributed by atoms with Gasteiger partial charge in [0.15, 0.2) is 0 Å². The van der Waals surface area contributed by atoms with Crippen molar-refractivity contribution in [1.82, 2.24) is 10.6 Å². The largest absolute Gasteiger partial charge is 0.497 e. The van der Waals surface area contributed by atoms with Crippen molar-refractivity contribution in [2.45, 2.75) is 6.92 Å². The van der Waals surface area contributed by atoms with Crippen molar-refractivity contribution < 1.29 is 14.3 Å². The third-order valence-electron chi connectivity index (χ3n) is 4.56. The number of ether oxygens (including phenoxy) is 1. The fourth-order valence-electron chi connectivity index (χ4n) is 2.88. The molecule has 29 heavy (non-hydrogen) atoms. The highest BCUT2D eigenvalue weighted by atomic mass is 16.5. The first-order chi connectivity index (χ1) is 14.1. The van der Waals surface area contributed by atoms with Crippen molar-refractivity contribution in [2.24, 2.45) is 0 Å². The van der Waals surface area contributed by atoms with Crippen molar-refractivity contribution in [3.05, 3.63) is 89.5 Å². The fourth-order valence-corrected chi connectivity index (χ4v) is 2.88. The zero-order valence-corrected chi connectivity index (χ0v) is 16.6. The highest BCUT2D eigenvalue weighted by Crippen LogP contribution is 2.24. The maximum atomic E-state index is 12.3. The molecule has 0 saturated carbocycles. The van der Waals surface area contributed by atoms with E-state index in [2.05, 4.69) is 10.6 Å². The lowest BCUT2D eigenvalue weighted by atomic mass is 10.0. The molecule has 3 rings (SSSR count). The summed E-state index contributed by atoms with van der Waals surface area (Å²) in [7, 11) is 1.63. The lowest BCUT2D eigenvalue weighted by molar-refractivity contribution is 0.0927. The Kier molecular flexibility index (Phi) is 6.63. The summed E-state index contributed by atoms with van der Waals surface area (Å²) in [4.78, 5) is 24.4. The second-order valence-electron chi connectivity index (χ2n) is 6.69. The van der Waals surface area contributed by atoms with Crippen molar-refractivity contribution >= 4 is 11.8 Å². The van der Waals surface area contributed by atoms with Crippen LogP contribution < -0.4 is 15.4 Å². The van der Waals surface area contributed by atoms with Crippen molar-refractivity contribution in [2.75, 3.05) is 20.2 Å². The maximum absolute atomic E-state index is 12.3. The minimum atomic E-state index is -0.174. The number of methoxy groups -OCH3 is 1. The Labute approximate surface area is 170 Å². The van der Waals surface area contributed by atoms with E-state index < -0.39 is 0 Å². The molecule has 0 radical (unpaired) electrons. The van der Waals surface area contributed by atoms with Crippen LogP contribution in [-0.2, 0) is 0 Å². The van der Waals surface area contributed by atoms with Gasteiger partial charge in [0.05, 0.1) is 7.11 Å². The molecule has 2 N–H and O–H groups in total. The molecule has 0 saturated heterocycles. The molecule has 0 aliphatic heterocycles. The standard InChI is InChI=1S/C24H24N2O3/c1-17-6-8-19(9-7-17)23(27)25-14-15-26-24(28)20-12-10-18(11-13-20)21-4-3-5-22(16-21)29-2/h3-13,16H,14-15H2,1-2H3,(H,25,27)(H,26,28).